The van der Waals surface area contributed by atoms with E-state index in [1.807, 2.05) is 65.8 Å². The van der Waals surface area contributed by atoms with Crippen LogP contribution in [0, 0.1) is 17.1 Å². The van der Waals surface area contributed by atoms with Gasteiger partial charge in [-0.15, -0.1) is 0 Å². The number of ether oxygens (including phenoxy) is 1. The van der Waals surface area contributed by atoms with Crippen LogP contribution in [0.5, 0.6) is 11.5 Å². The molecule has 144 valence electrons. The smallest absolute Gasteiger partial charge is 0.189 e. The Bertz CT molecular complexity index is 801. The number of nitrogens with one attached hydrogen (secondary N) is 2. The molecular weight excluding hydrogens is 343 g/mol. The monoisotopic (exact) mass is 370 g/mol. The van der Waals surface area contributed by atoms with Crippen molar-refractivity contribution in [3.63, 3.8) is 0 Å². The van der Waals surface area contributed by atoms with Gasteiger partial charge >= 0.3 is 0 Å². The van der Waals surface area contributed by atoms with Crippen molar-refractivity contribution >= 4 is 5.69 Å². The lowest BCUT2D eigenvalue weighted by atomic mass is 10.1. The summed E-state index contributed by atoms with van der Waals surface area (Å²) in [4.78, 5) is 0. The minimum absolute atomic E-state index is 0.0358. The predicted octanol–water partition coefficient (Wildman–Crippen LogP) is 4.90. The lowest BCUT2D eigenvalue weighted by molar-refractivity contribution is 0.310. The maximum atomic E-state index is 14.9. The van der Waals surface area contributed by atoms with Gasteiger partial charge in [-0.25, -0.2) is 20.4 Å². The van der Waals surface area contributed by atoms with Crippen LogP contribution in [0.1, 0.15) is 47.1 Å². The Kier molecular flexibility index (Phi) is 6.09. The summed E-state index contributed by atoms with van der Waals surface area (Å²) < 4.78 is 20.7. The molecule has 0 unspecified atom stereocenters. The van der Waals surface area contributed by atoms with E-state index in [2.05, 4.69) is 10.9 Å². The molecule has 0 aliphatic rings. The van der Waals surface area contributed by atoms with Crippen LogP contribution in [-0.4, -0.2) is 11.1 Å². The molecule has 0 saturated heterocycles. The van der Waals surface area contributed by atoms with E-state index in [4.69, 9.17) is 4.74 Å². The highest BCUT2D eigenvalue weighted by molar-refractivity contribution is 5.62. The van der Waals surface area contributed by atoms with Crippen LogP contribution in [0.15, 0.2) is 42.5 Å². The van der Waals surface area contributed by atoms with E-state index in [1.54, 1.807) is 23.3 Å². The first-order valence-electron chi connectivity index (χ1n) is 8.81. The zero-order valence-corrected chi connectivity index (χ0v) is 16.7. The van der Waals surface area contributed by atoms with Crippen molar-refractivity contribution in [3.8, 4) is 17.6 Å². The Balaban J connectivity index is 2.58. The number of rotatable bonds is 5. The van der Waals surface area contributed by atoms with Crippen LogP contribution in [0.3, 0.4) is 0 Å². The highest BCUT2D eigenvalue weighted by Crippen LogP contribution is 2.35. The van der Waals surface area contributed by atoms with Crippen molar-refractivity contribution in [1.82, 2.24) is 10.9 Å². The zero-order chi connectivity index (χ0) is 20.2. The molecule has 2 rings (SSSR count). The minimum atomic E-state index is -0.607. The molecule has 0 bridgehead atoms. The topological polar surface area (TPSA) is 60.3 Å². The molecule has 6 heteroatoms. The highest BCUT2D eigenvalue weighted by Gasteiger charge is 2.26. The Hall–Kier alpha value is -2.62. The van der Waals surface area contributed by atoms with Crippen LogP contribution in [0.2, 0.25) is 0 Å². The van der Waals surface area contributed by atoms with Crippen molar-refractivity contribution < 1.29 is 9.13 Å². The summed E-state index contributed by atoms with van der Waals surface area (Å²) in [6, 6.07) is 13.8. The third-order valence-corrected chi connectivity index (χ3v) is 3.25. The second-order valence-electron chi connectivity index (χ2n) is 8.39. The quantitative estimate of drug-likeness (QED) is 0.733. The Morgan fingerprint density at radius 3 is 2.00 bits per heavy atom. The molecule has 0 aliphatic carbocycles. The molecule has 0 spiro atoms. The molecule has 27 heavy (non-hydrogen) atoms. The summed E-state index contributed by atoms with van der Waals surface area (Å²) in [6.45, 7) is 12.0. The van der Waals surface area contributed by atoms with Crippen molar-refractivity contribution in [3.05, 3.63) is 53.8 Å². The first-order valence-corrected chi connectivity index (χ1v) is 8.81. The summed E-state index contributed by atoms with van der Waals surface area (Å²) in [5.41, 5.74) is 6.56. The zero-order valence-electron chi connectivity index (χ0n) is 16.7. The van der Waals surface area contributed by atoms with Crippen molar-refractivity contribution in [2.24, 2.45) is 0 Å². The van der Waals surface area contributed by atoms with E-state index < -0.39 is 5.82 Å². The molecule has 2 aromatic carbocycles. The summed E-state index contributed by atoms with van der Waals surface area (Å²) in [5.74, 6) is -0.0631. The number of nitriles is 1. The number of hydrogen-bond acceptors (Lipinski definition) is 5. The van der Waals surface area contributed by atoms with Crippen LogP contribution in [0.4, 0.5) is 10.1 Å². The molecule has 0 aromatic heterocycles. The highest BCUT2D eigenvalue weighted by atomic mass is 19.1. The molecule has 0 saturated carbocycles. The van der Waals surface area contributed by atoms with Crippen molar-refractivity contribution in [2.45, 2.75) is 52.6 Å². The average Bonchev–Trinajstić information content (AvgIpc) is 2.54. The van der Waals surface area contributed by atoms with Gasteiger partial charge in [0.1, 0.15) is 11.4 Å². The summed E-state index contributed by atoms with van der Waals surface area (Å²) in [6.07, 6.45) is 0. The van der Waals surface area contributed by atoms with Gasteiger partial charge in [0.2, 0.25) is 0 Å². The van der Waals surface area contributed by atoms with Crippen LogP contribution in [0.25, 0.3) is 0 Å². The first-order chi connectivity index (χ1) is 12.5. The standard InChI is InChI=1S/C21H27FN4O/c1-20(2,3)24-26(25-21(4,5)6)18-13-15(14-23)12-17(22)19(18)27-16-10-8-7-9-11-16/h7-13,24-25H,1-6H3. The molecule has 2 N–H and O–H groups in total. The van der Waals surface area contributed by atoms with E-state index in [-0.39, 0.29) is 22.4 Å². The van der Waals surface area contributed by atoms with Crippen LogP contribution < -0.4 is 20.7 Å². The van der Waals surface area contributed by atoms with E-state index >= 15 is 0 Å². The fraction of sp³-hybridized carbons (Fsp3) is 0.381. The summed E-state index contributed by atoms with van der Waals surface area (Å²) in [7, 11) is 0. The normalized spacial score (nSPS) is 11.8. The molecule has 0 radical (unpaired) electrons. The van der Waals surface area contributed by atoms with E-state index in [1.165, 1.54) is 6.07 Å². The van der Waals surface area contributed by atoms with Gasteiger partial charge in [-0.1, -0.05) is 18.2 Å². The molecule has 0 heterocycles. The number of halogens is 1. The lowest BCUT2D eigenvalue weighted by Gasteiger charge is -2.38. The summed E-state index contributed by atoms with van der Waals surface area (Å²) >= 11 is 0. The molecule has 0 aliphatic heterocycles. The molecule has 0 amide bonds. The number of anilines is 1. The van der Waals surface area contributed by atoms with Gasteiger partial charge in [-0.05, 0) is 65.8 Å². The van der Waals surface area contributed by atoms with Gasteiger partial charge in [-0.3, -0.25) is 0 Å². The van der Waals surface area contributed by atoms with Gasteiger partial charge in [-0.2, -0.15) is 5.26 Å². The third kappa shape index (κ3) is 6.24. The Morgan fingerprint density at radius 2 is 1.52 bits per heavy atom. The maximum absolute atomic E-state index is 14.9. The number of hydrazine groups is 2. The van der Waals surface area contributed by atoms with Crippen LogP contribution in [-0.2, 0) is 0 Å². The van der Waals surface area contributed by atoms with Gasteiger partial charge in [0.25, 0.3) is 0 Å². The van der Waals surface area contributed by atoms with E-state index in [0.717, 1.165) is 0 Å². The molecule has 0 fully saturated rings. The minimum Gasteiger partial charge on any atom is -0.452 e. The fourth-order valence-corrected chi connectivity index (χ4v) is 2.34. The largest absolute Gasteiger partial charge is 0.452 e. The second kappa shape index (κ2) is 7.95. The third-order valence-electron chi connectivity index (χ3n) is 3.25. The number of para-hydroxylation sites is 1. The second-order valence-corrected chi connectivity index (χ2v) is 8.39. The molecule has 5 nitrogen and oxygen atoms in total. The SMILES string of the molecule is CC(C)(C)NN(NC(C)(C)C)c1cc(C#N)cc(F)c1Oc1ccccc1. The Labute approximate surface area is 160 Å². The molecular formula is C21H27FN4O. The molecule has 2 aromatic rings. The first kappa shape index (κ1) is 20.7. The van der Waals surface area contributed by atoms with Gasteiger partial charge in [0.05, 0.1) is 11.6 Å². The van der Waals surface area contributed by atoms with Crippen molar-refractivity contribution in [2.75, 3.05) is 5.12 Å². The average molecular weight is 370 g/mol. The Morgan fingerprint density at radius 1 is 0.963 bits per heavy atom. The number of benzene rings is 2. The van der Waals surface area contributed by atoms with Crippen molar-refractivity contribution in [1.29, 1.82) is 5.26 Å². The lowest BCUT2D eigenvalue weighted by Crippen LogP contribution is -2.61. The summed E-state index contributed by atoms with van der Waals surface area (Å²) in [5, 5.41) is 10.9. The number of hydrogen-bond donors (Lipinski definition) is 2. The van der Waals surface area contributed by atoms with Gasteiger partial charge in [0, 0.05) is 11.1 Å². The van der Waals surface area contributed by atoms with E-state index in [0.29, 0.717) is 11.4 Å². The maximum Gasteiger partial charge on any atom is 0.189 e. The van der Waals surface area contributed by atoms with Crippen LogP contribution >= 0.6 is 0 Å². The fourth-order valence-electron chi connectivity index (χ4n) is 2.34. The van der Waals surface area contributed by atoms with Gasteiger partial charge in [0.15, 0.2) is 11.6 Å². The number of nitrogens with zero attached hydrogens (tertiary/aromatic N) is 2. The van der Waals surface area contributed by atoms with E-state index in [9.17, 15) is 9.65 Å². The molecule has 0 atom stereocenters. The predicted molar refractivity (Wildman–Crippen MR) is 106 cm³/mol. The van der Waals surface area contributed by atoms with Gasteiger partial charge < -0.3 is 4.74 Å².